The first-order chi connectivity index (χ1) is 10.2. The molecule has 0 saturated carbocycles. The van der Waals surface area contributed by atoms with Crippen LogP contribution < -0.4 is 15.0 Å². The first kappa shape index (κ1) is 13.1. The minimum atomic E-state index is -0.158. The van der Waals surface area contributed by atoms with Crippen LogP contribution in [0, 0.1) is 0 Å². The molecule has 6 heteroatoms. The van der Waals surface area contributed by atoms with Gasteiger partial charge in [0.25, 0.3) is 5.56 Å². The van der Waals surface area contributed by atoms with E-state index in [9.17, 15) is 4.79 Å². The van der Waals surface area contributed by atoms with E-state index in [4.69, 9.17) is 9.47 Å². The Morgan fingerprint density at radius 2 is 1.86 bits per heavy atom. The highest BCUT2D eigenvalue weighted by Gasteiger charge is 2.09. The molecule has 0 atom stereocenters. The molecule has 0 radical (unpaired) electrons. The van der Waals surface area contributed by atoms with E-state index < -0.39 is 0 Å². The summed E-state index contributed by atoms with van der Waals surface area (Å²) in [6.45, 7) is 0. The van der Waals surface area contributed by atoms with Crippen LogP contribution in [0.15, 0.2) is 47.5 Å². The van der Waals surface area contributed by atoms with Gasteiger partial charge in [0.05, 0.1) is 37.0 Å². The summed E-state index contributed by atoms with van der Waals surface area (Å²) in [6, 6.07) is 8.71. The Labute approximate surface area is 120 Å². The smallest absolute Gasteiger partial charge is 0.264 e. The summed E-state index contributed by atoms with van der Waals surface area (Å²) in [5.74, 6) is 1.18. The molecule has 3 rings (SSSR count). The molecule has 0 aliphatic heterocycles. The minimum absolute atomic E-state index is 0.158. The van der Waals surface area contributed by atoms with Crippen molar-refractivity contribution in [2.75, 3.05) is 14.2 Å². The van der Waals surface area contributed by atoms with Gasteiger partial charge in [-0.05, 0) is 24.3 Å². The molecule has 106 valence electrons. The second-order valence-corrected chi connectivity index (χ2v) is 4.36. The van der Waals surface area contributed by atoms with Crippen LogP contribution >= 0.6 is 0 Å². The molecule has 2 heterocycles. The molecule has 0 amide bonds. The van der Waals surface area contributed by atoms with Gasteiger partial charge in [0, 0.05) is 12.3 Å². The lowest BCUT2D eigenvalue weighted by Crippen LogP contribution is -2.18. The molecule has 6 nitrogen and oxygen atoms in total. The van der Waals surface area contributed by atoms with Gasteiger partial charge in [-0.15, -0.1) is 0 Å². The lowest BCUT2D eigenvalue weighted by atomic mass is 10.2. The van der Waals surface area contributed by atoms with Gasteiger partial charge in [-0.3, -0.25) is 9.36 Å². The number of fused-ring (bicyclic) bond motifs is 1. The van der Waals surface area contributed by atoms with E-state index in [1.165, 1.54) is 10.8 Å². The van der Waals surface area contributed by atoms with E-state index in [0.29, 0.717) is 28.1 Å². The van der Waals surface area contributed by atoms with Crippen molar-refractivity contribution in [1.82, 2.24) is 14.8 Å². The summed E-state index contributed by atoms with van der Waals surface area (Å²) < 4.78 is 12.0. The normalized spacial score (nSPS) is 10.6. The number of rotatable bonds is 3. The Bertz CT molecular complexity index is 858. The zero-order chi connectivity index (χ0) is 14.8. The van der Waals surface area contributed by atoms with Crippen molar-refractivity contribution in [3.8, 4) is 17.2 Å². The zero-order valence-corrected chi connectivity index (χ0v) is 11.6. The highest BCUT2D eigenvalue weighted by Crippen LogP contribution is 2.28. The van der Waals surface area contributed by atoms with Crippen LogP contribution in [-0.2, 0) is 0 Å². The lowest BCUT2D eigenvalue weighted by molar-refractivity contribution is 0.355. The summed E-state index contributed by atoms with van der Waals surface area (Å²) >= 11 is 0. The molecule has 0 unspecified atom stereocenters. The molecule has 0 fully saturated rings. The third kappa shape index (κ3) is 2.20. The van der Waals surface area contributed by atoms with E-state index in [2.05, 4.69) is 10.2 Å². The number of benzene rings is 1. The number of pyridine rings is 1. The predicted molar refractivity (Wildman–Crippen MR) is 78.2 cm³/mol. The largest absolute Gasteiger partial charge is 0.493 e. The second-order valence-electron chi connectivity index (χ2n) is 4.36. The van der Waals surface area contributed by atoms with Gasteiger partial charge < -0.3 is 9.47 Å². The van der Waals surface area contributed by atoms with Gasteiger partial charge in [-0.2, -0.15) is 10.2 Å². The number of ether oxygens (including phenoxy) is 2. The maximum absolute atomic E-state index is 12.5. The number of nitrogens with zero attached hydrogens (tertiary/aromatic N) is 3. The van der Waals surface area contributed by atoms with Crippen molar-refractivity contribution < 1.29 is 9.47 Å². The molecule has 1 aromatic carbocycles. The second kappa shape index (κ2) is 5.24. The summed E-state index contributed by atoms with van der Waals surface area (Å²) in [5, 5.41) is 8.22. The molecule has 0 N–H and O–H groups in total. The van der Waals surface area contributed by atoms with Crippen molar-refractivity contribution in [3.63, 3.8) is 0 Å². The van der Waals surface area contributed by atoms with Crippen LogP contribution in [0.2, 0.25) is 0 Å². The molecule has 0 bridgehead atoms. The number of hydrogen-bond donors (Lipinski definition) is 0. The standard InChI is InChI=1S/C15H13N3O3/c1-20-13-4-3-10(9-14(13)21-2)18-8-6-12-11(15(18)19)5-7-16-17-12/h3-9H,1-2H3. The quantitative estimate of drug-likeness (QED) is 0.733. The SMILES string of the molecule is COc1ccc(-n2ccc3nnccc3c2=O)cc1OC. The van der Waals surface area contributed by atoms with Gasteiger partial charge in [0.15, 0.2) is 11.5 Å². The zero-order valence-electron chi connectivity index (χ0n) is 11.6. The molecule has 0 spiro atoms. The number of methoxy groups -OCH3 is 2. The molecule has 0 aliphatic rings. The van der Waals surface area contributed by atoms with Gasteiger partial charge in [0.2, 0.25) is 0 Å². The van der Waals surface area contributed by atoms with Crippen LogP contribution in [0.3, 0.4) is 0 Å². The van der Waals surface area contributed by atoms with Gasteiger partial charge in [-0.25, -0.2) is 0 Å². The van der Waals surface area contributed by atoms with E-state index >= 15 is 0 Å². The summed E-state index contributed by atoms with van der Waals surface area (Å²) in [6.07, 6.45) is 3.17. The van der Waals surface area contributed by atoms with Crippen molar-refractivity contribution in [3.05, 3.63) is 53.1 Å². The molecule has 3 aromatic rings. The van der Waals surface area contributed by atoms with Crippen LogP contribution in [-0.4, -0.2) is 29.0 Å². The van der Waals surface area contributed by atoms with Crippen molar-refractivity contribution in [1.29, 1.82) is 0 Å². The van der Waals surface area contributed by atoms with Crippen LogP contribution in [0.25, 0.3) is 16.6 Å². The number of hydrogen-bond acceptors (Lipinski definition) is 5. The Kier molecular flexibility index (Phi) is 3.27. The molecule has 21 heavy (non-hydrogen) atoms. The van der Waals surface area contributed by atoms with Gasteiger partial charge in [0.1, 0.15) is 0 Å². The fourth-order valence-electron chi connectivity index (χ4n) is 2.17. The summed E-state index contributed by atoms with van der Waals surface area (Å²) in [7, 11) is 3.12. The highest BCUT2D eigenvalue weighted by atomic mass is 16.5. The average molecular weight is 283 g/mol. The summed E-state index contributed by atoms with van der Waals surface area (Å²) in [5.41, 5.74) is 1.10. The van der Waals surface area contributed by atoms with Crippen LogP contribution in [0.4, 0.5) is 0 Å². The Balaban J connectivity index is 2.21. The Morgan fingerprint density at radius 3 is 2.62 bits per heavy atom. The van der Waals surface area contributed by atoms with E-state index in [-0.39, 0.29) is 5.56 Å². The monoisotopic (exact) mass is 283 g/mol. The fourth-order valence-corrected chi connectivity index (χ4v) is 2.17. The topological polar surface area (TPSA) is 66.2 Å². The van der Waals surface area contributed by atoms with Crippen molar-refractivity contribution in [2.24, 2.45) is 0 Å². The molecule has 2 aromatic heterocycles. The first-order valence-corrected chi connectivity index (χ1v) is 6.30. The van der Waals surface area contributed by atoms with E-state index in [1.54, 1.807) is 50.7 Å². The van der Waals surface area contributed by atoms with Crippen molar-refractivity contribution in [2.45, 2.75) is 0 Å². The maximum Gasteiger partial charge on any atom is 0.264 e. The van der Waals surface area contributed by atoms with E-state index in [1.807, 2.05) is 0 Å². The third-order valence-corrected chi connectivity index (χ3v) is 3.23. The Morgan fingerprint density at radius 1 is 1.05 bits per heavy atom. The lowest BCUT2D eigenvalue weighted by Gasteiger charge is -2.11. The fraction of sp³-hybridized carbons (Fsp3) is 0.133. The average Bonchev–Trinajstić information content (AvgIpc) is 2.55. The van der Waals surface area contributed by atoms with Gasteiger partial charge >= 0.3 is 0 Å². The third-order valence-electron chi connectivity index (χ3n) is 3.23. The molecule has 0 aliphatic carbocycles. The van der Waals surface area contributed by atoms with Crippen molar-refractivity contribution >= 4 is 10.9 Å². The highest BCUT2D eigenvalue weighted by molar-refractivity contribution is 5.76. The summed E-state index contributed by atoms with van der Waals surface area (Å²) in [4.78, 5) is 12.5. The number of aromatic nitrogens is 3. The first-order valence-electron chi connectivity index (χ1n) is 6.30. The van der Waals surface area contributed by atoms with Gasteiger partial charge in [-0.1, -0.05) is 0 Å². The maximum atomic E-state index is 12.5. The molecular weight excluding hydrogens is 270 g/mol. The molecular formula is C15H13N3O3. The van der Waals surface area contributed by atoms with Crippen LogP contribution in [0.5, 0.6) is 11.5 Å². The van der Waals surface area contributed by atoms with Crippen LogP contribution in [0.1, 0.15) is 0 Å². The molecule has 0 saturated heterocycles. The van der Waals surface area contributed by atoms with E-state index in [0.717, 1.165) is 0 Å². The minimum Gasteiger partial charge on any atom is -0.493 e. The Hall–Kier alpha value is -2.89. The predicted octanol–water partition coefficient (Wildman–Crippen LogP) is 1.80.